The van der Waals surface area contributed by atoms with Crippen LogP contribution in [0, 0.1) is 6.92 Å². The Kier molecular flexibility index (Phi) is 9.51. The van der Waals surface area contributed by atoms with Crippen LogP contribution in [0.2, 0.25) is 10.0 Å². The summed E-state index contributed by atoms with van der Waals surface area (Å²) in [6.07, 6.45) is 0.748. The Balaban J connectivity index is 0.00000336. The van der Waals surface area contributed by atoms with Crippen LogP contribution in [-0.2, 0) is 4.74 Å². The molecule has 5 rings (SSSR count). The molecule has 0 N–H and O–H groups in total. The summed E-state index contributed by atoms with van der Waals surface area (Å²) in [5.74, 6) is 0.750. The number of anilines is 1. The molecule has 2 aromatic heterocycles. The van der Waals surface area contributed by atoms with Crippen molar-refractivity contribution in [1.29, 1.82) is 0 Å². The molecule has 0 aliphatic carbocycles. The molecular formula is C26H27Cl3N4O4S. The van der Waals surface area contributed by atoms with Crippen molar-refractivity contribution in [3.63, 3.8) is 0 Å². The number of methoxy groups -OCH3 is 1. The lowest BCUT2D eigenvalue weighted by Crippen LogP contribution is -2.39. The maximum atomic E-state index is 14.2. The van der Waals surface area contributed by atoms with Crippen molar-refractivity contribution in [3.8, 4) is 17.0 Å². The van der Waals surface area contributed by atoms with Crippen LogP contribution in [0.5, 0.6) is 5.75 Å². The second kappa shape index (κ2) is 12.6. The summed E-state index contributed by atoms with van der Waals surface area (Å²) in [6, 6.07) is 10.8. The Hall–Kier alpha value is -2.40. The van der Waals surface area contributed by atoms with Gasteiger partial charge in [-0.1, -0.05) is 57.9 Å². The quantitative estimate of drug-likeness (QED) is 0.234. The third-order valence-corrected chi connectivity index (χ3v) is 8.18. The molecule has 0 spiro atoms. The Bertz CT molecular complexity index is 1420. The van der Waals surface area contributed by atoms with Crippen molar-refractivity contribution in [3.05, 3.63) is 57.8 Å². The predicted molar refractivity (Wildman–Crippen MR) is 154 cm³/mol. The molecule has 1 fully saturated rings. The second-order valence-corrected chi connectivity index (χ2v) is 10.4. The molecule has 1 aliphatic heterocycles. The van der Waals surface area contributed by atoms with E-state index in [1.54, 1.807) is 37.1 Å². The number of morpholine rings is 1. The van der Waals surface area contributed by atoms with Gasteiger partial charge in [0.1, 0.15) is 28.3 Å². The van der Waals surface area contributed by atoms with Crippen molar-refractivity contribution in [2.45, 2.75) is 13.3 Å². The summed E-state index contributed by atoms with van der Waals surface area (Å²) in [5.41, 5.74) is 2.01. The normalized spacial score (nSPS) is 13.9. The number of aryl methyl sites for hydroxylation is 1. The SMILES string of the molecule is COc1ccc(Cl)c2sc(N(CCCN3CCOCC3)C(=O)c3c(-c4ccccc4Cl)noc3C)nc12.Cl. The number of benzene rings is 2. The molecule has 38 heavy (non-hydrogen) atoms. The minimum Gasteiger partial charge on any atom is -0.494 e. The molecule has 1 aliphatic rings. The maximum Gasteiger partial charge on any atom is 0.265 e. The molecule has 2 aromatic carbocycles. The first-order chi connectivity index (χ1) is 18.0. The van der Waals surface area contributed by atoms with Gasteiger partial charge in [-0.2, -0.15) is 0 Å². The number of hydrogen-bond donors (Lipinski definition) is 0. The minimum atomic E-state index is -0.259. The molecule has 4 aromatic rings. The van der Waals surface area contributed by atoms with E-state index in [2.05, 4.69) is 10.1 Å². The van der Waals surface area contributed by atoms with Gasteiger partial charge < -0.3 is 14.0 Å². The number of rotatable bonds is 8. The maximum absolute atomic E-state index is 14.2. The first-order valence-corrected chi connectivity index (χ1v) is 13.5. The van der Waals surface area contributed by atoms with E-state index in [1.807, 2.05) is 18.2 Å². The number of hydrogen-bond acceptors (Lipinski definition) is 8. The number of amides is 1. The summed E-state index contributed by atoms with van der Waals surface area (Å²) >= 11 is 14.3. The van der Waals surface area contributed by atoms with Gasteiger partial charge in [-0.3, -0.25) is 14.6 Å². The van der Waals surface area contributed by atoms with E-state index < -0.39 is 0 Å². The van der Waals surface area contributed by atoms with Crippen molar-refractivity contribution < 1.29 is 18.8 Å². The predicted octanol–water partition coefficient (Wildman–Crippen LogP) is 6.37. The zero-order valence-corrected chi connectivity index (χ0v) is 24.1. The number of carbonyl (C=O) groups is 1. The molecule has 3 heterocycles. The molecule has 12 heteroatoms. The highest BCUT2D eigenvalue weighted by Crippen LogP contribution is 2.40. The molecule has 1 saturated heterocycles. The van der Waals surface area contributed by atoms with Crippen LogP contribution >= 0.6 is 46.9 Å². The molecule has 8 nitrogen and oxygen atoms in total. The van der Waals surface area contributed by atoms with Gasteiger partial charge in [0.15, 0.2) is 5.13 Å². The van der Waals surface area contributed by atoms with Crippen molar-refractivity contribution in [2.24, 2.45) is 0 Å². The number of halogens is 3. The third-order valence-electron chi connectivity index (χ3n) is 6.31. The largest absolute Gasteiger partial charge is 0.494 e. The van der Waals surface area contributed by atoms with Crippen molar-refractivity contribution in [2.75, 3.05) is 51.4 Å². The van der Waals surface area contributed by atoms with Gasteiger partial charge in [-0.25, -0.2) is 4.98 Å². The lowest BCUT2D eigenvalue weighted by Gasteiger charge is -2.27. The lowest BCUT2D eigenvalue weighted by molar-refractivity contribution is 0.0376. The van der Waals surface area contributed by atoms with Crippen LogP contribution in [0.15, 0.2) is 40.9 Å². The smallest absolute Gasteiger partial charge is 0.265 e. The Labute approximate surface area is 240 Å². The fourth-order valence-electron chi connectivity index (χ4n) is 4.38. The van der Waals surface area contributed by atoms with E-state index in [4.69, 9.17) is 42.2 Å². The monoisotopic (exact) mass is 596 g/mol. The average Bonchev–Trinajstić information content (AvgIpc) is 3.52. The standard InChI is InChI=1S/C26H26Cl2N4O4S.ClH/c1-16-21(22(30-36-16)17-6-3-4-7-18(17)27)25(33)32(11-5-10-31-12-14-35-15-13-31)26-29-23-20(34-2)9-8-19(28)24(23)37-26;/h3-4,6-9H,5,10-15H2,1-2H3;1H. The van der Waals surface area contributed by atoms with E-state index in [9.17, 15) is 4.79 Å². The number of ether oxygens (including phenoxy) is 2. The van der Waals surface area contributed by atoms with Gasteiger partial charge in [0.25, 0.3) is 5.91 Å². The van der Waals surface area contributed by atoms with Crippen LogP contribution in [0.4, 0.5) is 5.13 Å². The highest BCUT2D eigenvalue weighted by molar-refractivity contribution is 7.23. The molecule has 0 atom stereocenters. The Morgan fingerprint density at radius 1 is 1.16 bits per heavy atom. The highest BCUT2D eigenvalue weighted by atomic mass is 35.5. The zero-order valence-electron chi connectivity index (χ0n) is 20.9. The van der Waals surface area contributed by atoms with Crippen LogP contribution < -0.4 is 9.64 Å². The van der Waals surface area contributed by atoms with Gasteiger partial charge >= 0.3 is 0 Å². The van der Waals surface area contributed by atoms with E-state index in [-0.39, 0.29) is 18.3 Å². The summed E-state index contributed by atoms with van der Waals surface area (Å²) in [4.78, 5) is 23.0. The third kappa shape index (κ3) is 5.78. The van der Waals surface area contributed by atoms with Crippen molar-refractivity contribution >= 4 is 68.2 Å². The number of aromatic nitrogens is 2. The summed E-state index contributed by atoms with van der Waals surface area (Å²) in [7, 11) is 1.59. The van der Waals surface area contributed by atoms with Gasteiger partial charge in [0, 0.05) is 31.7 Å². The fraction of sp³-hybridized carbons (Fsp3) is 0.346. The minimum absolute atomic E-state index is 0. The molecule has 1 amide bonds. The molecule has 0 saturated carbocycles. The van der Waals surface area contributed by atoms with E-state index >= 15 is 0 Å². The first-order valence-electron chi connectivity index (χ1n) is 11.9. The Morgan fingerprint density at radius 3 is 2.66 bits per heavy atom. The molecule has 0 bridgehead atoms. The zero-order chi connectivity index (χ0) is 25.9. The number of nitrogens with zero attached hydrogens (tertiary/aromatic N) is 4. The first kappa shape index (κ1) is 28.6. The number of fused-ring (bicyclic) bond motifs is 1. The van der Waals surface area contributed by atoms with Crippen LogP contribution in [0.1, 0.15) is 22.5 Å². The van der Waals surface area contributed by atoms with Crippen LogP contribution in [0.3, 0.4) is 0 Å². The lowest BCUT2D eigenvalue weighted by atomic mass is 10.0. The second-order valence-electron chi connectivity index (χ2n) is 8.63. The topological polar surface area (TPSA) is 80.9 Å². The highest BCUT2D eigenvalue weighted by Gasteiger charge is 2.30. The van der Waals surface area contributed by atoms with Gasteiger partial charge in [0.05, 0.1) is 35.1 Å². The van der Waals surface area contributed by atoms with Gasteiger partial charge in [0.2, 0.25) is 0 Å². The van der Waals surface area contributed by atoms with Crippen molar-refractivity contribution in [1.82, 2.24) is 15.0 Å². The van der Waals surface area contributed by atoms with Crippen LogP contribution in [0.25, 0.3) is 21.5 Å². The molecule has 202 valence electrons. The Morgan fingerprint density at radius 2 is 1.92 bits per heavy atom. The fourth-order valence-corrected chi connectivity index (χ4v) is 5.88. The average molecular weight is 598 g/mol. The summed E-state index contributed by atoms with van der Waals surface area (Å²) in [5, 5.41) is 5.76. The number of thiazole rings is 1. The molecule has 0 radical (unpaired) electrons. The van der Waals surface area contributed by atoms with Gasteiger partial charge in [-0.15, -0.1) is 12.4 Å². The van der Waals surface area contributed by atoms with E-state index in [0.29, 0.717) is 55.6 Å². The van der Waals surface area contributed by atoms with Gasteiger partial charge in [-0.05, 0) is 31.5 Å². The van der Waals surface area contributed by atoms with E-state index in [0.717, 1.165) is 44.0 Å². The molecule has 0 unspecified atom stereocenters. The summed E-state index contributed by atoms with van der Waals surface area (Å²) in [6.45, 7) is 6.21. The van der Waals surface area contributed by atoms with E-state index in [1.165, 1.54) is 11.3 Å². The molecular weight excluding hydrogens is 571 g/mol. The number of carbonyl (C=O) groups excluding carboxylic acids is 1. The van der Waals surface area contributed by atoms with Crippen LogP contribution in [-0.4, -0.2) is 67.5 Å². The summed E-state index contributed by atoms with van der Waals surface area (Å²) < 4.78 is 17.2.